The van der Waals surface area contributed by atoms with Crippen LogP contribution in [0.1, 0.15) is 34.1 Å². The van der Waals surface area contributed by atoms with Gasteiger partial charge in [0.15, 0.2) is 0 Å². The van der Waals surface area contributed by atoms with Gasteiger partial charge in [0.2, 0.25) is 0 Å². The van der Waals surface area contributed by atoms with Gasteiger partial charge in [0.25, 0.3) is 0 Å². The Bertz CT molecular complexity index is 307. The lowest BCUT2D eigenvalue weighted by Crippen LogP contribution is -2.29. The third-order valence-electron chi connectivity index (χ3n) is 2.49. The third-order valence-corrected chi connectivity index (χ3v) is 2.49. The molecule has 1 rings (SSSR count). The summed E-state index contributed by atoms with van der Waals surface area (Å²) in [6.07, 6.45) is 4.78. The highest BCUT2D eigenvalue weighted by atomic mass is 15.0. The second-order valence-corrected chi connectivity index (χ2v) is 4.36. The summed E-state index contributed by atoms with van der Waals surface area (Å²) >= 11 is 0. The van der Waals surface area contributed by atoms with Gasteiger partial charge in [0.05, 0.1) is 23.8 Å². The highest BCUT2D eigenvalue weighted by Gasteiger charge is 2.14. The minimum Gasteiger partial charge on any atom is -0.384 e. The summed E-state index contributed by atoms with van der Waals surface area (Å²) in [5.74, 6) is 0. The predicted molar refractivity (Wildman–Crippen MR) is 66.4 cm³/mol. The molecule has 15 heavy (non-hydrogen) atoms. The molecule has 0 bridgehead atoms. The van der Waals surface area contributed by atoms with Crippen LogP contribution in [-0.2, 0) is 0 Å². The number of pyridine rings is 1. The van der Waals surface area contributed by atoms with E-state index in [1.165, 1.54) is 0 Å². The second kappa shape index (κ2) is 5.01. The number of rotatable bonds is 5. The van der Waals surface area contributed by atoms with Crippen LogP contribution in [0.2, 0.25) is 0 Å². The van der Waals surface area contributed by atoms with Crippen LogP contribution >= 0.6 is 0 Å². The number of nitrogens with zero attached hydrogens (tertiary/aromatic N) is 1. The number of nitrogens with one attached hydrogen (secondary N) is 2. The third kappa shape index (κ3) is 3.78. The van der Waals surface area contributed by atoms with Gasteiger partial charge in [-0.15, -0.1) is 0 Å². The van der Waals surface area contributed by atoms with E-state index >= 15 is 0 Å². The van der Waals surface area contributed by atoms with Crippen molar-refractivity contribution < 1.29 is 0 Å². The van der Waals surface area contributed by atoms with Crippen LogP contribution in [0.3, 0.4) is 0 Å². The summed E-state index contributed by atoms with van der Waals surface area (Å²) in [4.78, 5) is 4.20. The molecule has 3 heteroatoms. The molecular formula is C12H21N3. The van der Waals surface area contributed by atoms with E-state index in [2.05, 4.69) is 49.4 Å². The van der Waals surface area contributed by atoms with Crippen molar-refractivity contribution in [1.82, 2.24) is 4.98 Å². The minimum atomic E-state index is 0.118. The van der Waals surface area contributed by atoms with Gasteiger partial charge in [-0.3, -0.25) is 4.98 Å². The van der Waals surface area contributed by atoms with Gasteiger partial charge in [-0.05, 0) is 33.3 Å². The first-order valence-electron chi connectivity index (χ1n) is 5.54. The maximum absolute atomic E-state index is 4.20. The van der Waals surface area contributed by atoms with Crippen LogP contribution in [0.5, 0.6) is 0 Å². The lowest BCUT2D eigenvalue weighted by atomic mass is 10.0. The van der Waals surface area contributed by atoms with Crippen LogP contribution in [0, 0.1) is 0 Å². The van der Waals surface area contributed by atoms with Crippen molar-refractivity contribution >= 4 is 11.4 Å². The smallest absolute Gasteiger partial charge is 0.0551 e. The molecule has 0 aliphatic carbocycles. The van der Waals surface area contributed by atoms with E-state index in [4.69, 9.17) is 0 Å². The summed E-state index contributed by atoms with van der Waals surface area (Å²) in [5, 5.41) is 6.71. The summed E-state index contributed by atoms with van der Waals surface area (Å²) in [6, 6.07) is 2.09. The molecule has 0 aliphatic rings. The van der Waals surface area contributed by atoms with Crippen molar-refractivity contribution in [2.24, 2.45) is 0 Å². The Kier molecular flexibility index (Phi) is 3.95. The Labute approximate surface area is 92.3 Å². The fourth-order valence-corrected chi connectivity index (χ4v) is 1.29. The van der Waals surface area contributed by atoms with Crippen molar-refractivity contribution in [2.75, 3.05) is 17.2 Å². The highest BCUT2D eigenvalue weighted by Crippen LogP contribution is 2.19. The Morgan fingerprint density at radius 3 is 2.47 bits per heavy atom. The summed E-state index contributed by atoms with van der Waals surface area (Å²) in [7, 11) is 0. The molecule has 2 N–H and O–H groups in total. The molecule has 0 spiro atoms. The van der Waals surface area contributed by atoms with Crippen molar-refractivity contribution in [3.63, 3.8) is 0 Å². The van der Waals surface area contributed by atoms with Crippen molar-refractivity contribution in [1.29, 1.82) is 0 Å². The maximum Gasteiger partial charge on any atom is 0.0551 e. The number of hydrogen-bond donors (Lipinski definition) is 2. The molecule has 1 aromatic heterocycles. The first-order valence-corrected chi connectivity index (χ1v) is 5.54. The van der Waals surface area contributed by atoms with Crippen molar-refractivity contribution in [3.05, 3.63) is 18.5 Å². The van der Waals surface area contributed by atoms with E-state index in [9.17, 15) is 0 Å². The molecule has 0 saturated heterocycles. The van der Waals surface area contributed by atoms with Gasteiger partial charge in [-0.1, -0.05) is 6.92 Å². The quantitative estimate of drug-likeness (QED) is 0.779. The molecule has 0 fully saturated rings. The number of anilines is 2. The van der Waals surface area contributed by atoms with Crippen LogP contribution in [-0.4, -0.2) is 17.1 Å². The van der Waals surface area contributed by atoms with Gasteiger partial charge in [0.1, 0.15) is 0 Å². The molecule has 0 aliphatic heterocycles. The number of aromatic nitrogens is 1. The SMILES string of the molecule is CCNc1cncc(NC(C)(C)CC)c1. The zero-order chi connectivity index (χ0) is 11.3. The standard InChI is InChI=1S/C12H21N3/c1-5-12(3,4)15-11-7-10(14-6-2)8-13-9-11/h7-9,14-15H,5-6H2,1-4H3. The molecule has 0 atom stereocenters. The summed E-state index contributed by atoms with van der Waals surface area (Å²) < 4.78 is 0. The fourth-order valence-electron chi connectivity index (χ4n) is 1.29. The topological polar surface area (TPSA) is 37.0 Å². The highest BCUT2D eigenvalue weighted by molar-refractivity contribution is 5.54. The Morgan fingerprint density at radius 2 is 1.87 bits per heavy atom. The average molecular weight is 207 g/mol. The van der Waals surface area contributed by atoms with E-state index in [1.807, 2.05) is 12.4 Å². The van der Waals surface area contributed by atoms with Gasteiger partial charge in [-0.25, -0.2) is 0 Å². The zero-order valence-corrected chi connectivity index (χ0v) is 10.1. The first-order chi connectivity index (χ1) is 7.07. The predicted octanol–water partition coefficient (Wildman–Crippen LogP) is 3.11. The van der Waals surface area contributed by atoms with Crippen LogP contribution in [0.4, 0.5) is 11.4 Å². The average Bonchev–Trinajstić information content (AvgIpc) is 2.18. The molecule has 0 unspecified atom stereocenters. The molecule has 0 saturated carbocycles. The van der Waals surface area contributed by atoms with E-state index in [1.54, 1.807) is 0 Å². The van der Waals surface area contributed by atoms with Crippen molar-refractivity contribution in [2.45, 2.75) is 39.7 Å². The van der Waals surface area contributed by atoms with Crippen molar-refractivity contribution in [3.8, 4) is 0 Å². The molecule has 1 heterocycles. The minimum absolute atomic E-state index is 0.118. The Balaban J connectivity index is 2.73. The zero-order valence-electron chi connectivity index (χ0n) is 10.1. The summed E-state index contributed by atoms with van der Waals surface area (Å²) in [6.45, 7) is 9.55. The molecule has 0 radical (unpaired) electrons. The lowest BCUT2D eigenvalue weighted by molar-refractivity contribution is 0.547. The van der Waals surface area contributed by atoms with Crippen LogP contribution in [0.25, 0.3) is 0 Å². The molecule has 0 aromatic carbocycles. The molecule has 1 aromatic rings. The van der Waals surface area contributed by atoms with E-state index in [-0.39, 0.29) is 5.54 Å². The summed E-state index contributed by atoms with van der Waals surface area (Å²) in [5.41, 5.74) is 2.25. The lowest BCUT2D eigenvalue weighted by Gasteiger charge is -2.25. The second-order valence-electron chi connectivity index (χ2n) is 4.36. The Hall–Kier alpha value is -1.25. The van der Waals surface area contributed by atoms with Crippen LogP contribution < -0.4 is 10.6 Å². The molecule has 0 amide bonds. The first kappa shape index (κ1) is 11.8. The van der Waals surface area contributed by atoms with E-state index in [0.717, 1.165) is 24.3 Å². The largest absolute Gasteiger partial charge is 0.384 e. The van der Waals surface area contributed by atoms with Gasteiger partial charge in [0, 0.05) is 12.1 Å². The molecular weight excluding hydrogens is 186 g/mol. The molecule has 84 valence electrons. The maximum atomic E-state index is 4.20. The van der Waals surface area contributed by atoms with E-state index in [0.29, 0.717) is 0 Å². The van der Waals surface area contributed by atoms with Gasteiger partial charge >= 0.3 is 0 Å². The normalized spacial score (nSPS) is 11.2. The van der Waals surface area contributed by atoms with E-state index < -0.39 is 0 Å². The Morgan fingerprint density at radius 1 is 1.20 bits per heavy atom. The molecule has 3 nitrogen and oxygen atoms in total. The van der Waals surface area contributed by atoms with Gasteiger partial charge < -0.3 is 10.6 Å². The van der Waals surface area contributed by atoms with Crippen LogP contribution in [0.15, 0.2) is 18.5 Å². The number of hydrogen-bond acceptors (Lipinski definition) is 3. The fraction of sp³-hybridized carbons (Fsp3) is 0.583. The monoisotopic (exact) mass is 207 g/mol. The van der Waals surface area contributed by atoms with Gasteiger partial charge in [-0.2, -0.15) is 0 Å².